The van der Waals surface area contributed by atoms with Crippen LogP contribution in [0.2, 0.25) is 0 Å². The fourth-order valence-corrected chi connectivity index (χ4v) is 4.30. The third-order valence-electron chi connectivity index (χ3n) is 4.87. The van der Waals surface area contributed by atoms with Gasteiger partial charge in [0.1, 0.15) is 5.82 Å². The molecule has 1 atom stereocenters. The molecule has 1 N–H and O–H groups in total. The van der Waals surface area contributed by atoms with Gasteiger partial charge in [-0.1, -0.05) is 30.3 Å². The largest absolute Gasteiger partial charge is 0.355 e. The van der Waals surface area contributed by atoms with Crippen LogP contribution in [0.4, 0.5) is 0 Å². The van der Waals surface area contributed by atoms with Crippen LogP contribution in [0, 0.1) is 5.92 Å². The number of piperidine rings is 1. The normalized spacial score (nSPS) is 18.3. The first-order valence-corrected chi connectivity index (χ1v) is 11.0. The fourth-order valence-electron chi connectivity index (χ4n) is 3.39. The molecule has 8 heteroatoms. The van der Waals surface area contributed by atoms with Crippen molar-refractivity contribution in [1.29, 1.82) is 0 Å². The van der Waals surface area contributed by atoms with E-state index in [4.69, 9.17) is 0 Å². The van der Waals surface area contributed by atoms with Gasteiger partial charge in [0.15, 0.2) is 0 Å². The lowest BCUT2D eigenvalue weighted by Gasteiger charge is -2.30. The van der Waals surface area contributed by atoms with E-state index in [2.05, 4.69) is 27.0 Å². The highest BCUT2D eigenvalue weighted by Gasteiger charge is 2.29. The Labute approximate surface area is 160 Å². The van der Waals surface area contributed by atoms with Crippen molar-refractivity contribution in [2.24, 2.45) is 5.92 Å². The Morgan fingerprint density at radius 3 is 2.81 bits per heavy atom. The van der Waals surface area contributed by atoms with Gasteiger partial charge in [0.25, 0.3) is 0 Å². The first-order chi connectivity index (χ1) is 12.9. The Morgan fingerprint density at radius 2 is 2.07 bits per heavy atom. The van der Waals surface area contributed by atoms with Crippen LogP contribution in [0.5, 0.6) is 0 Å². The van der Waals surface area contributed by atoms with Crippen LogP contribution < -0.4 is 5.32 Å². The van der Waals surface area contributed by atoms with E-state index in [9.17, 15) is 13.2 Å². The molecule has 1 fully saturated rings. The number of hydrogen-bond donors (Lipinski definition) is 1. The standard InChI is InChI=1S/C19H26N4O3S/c1-27(25,26)23-12-5-8-17(15-23)19(24)21-10-9-18-20-11-13-22(18)14-16-6-3-2-4-7-16/h2-4,6-7,11,13,17H,5,8-10,12,14-15H2,1H3,(H,21,24). The van der Waals surface area contributed by atoms with Gasteiger partial charge in [0, 0.05) is 45.0 Å². The van der Waals surface area contributed by atoms with Gasteiger partial charge < -0.3 is 9.88 Å². The second kappa shape index (κ2) is 8.67. The van der Waals surface area contributed by atoms with Gasteiger partial charge in [-0.25, -0.2) is 17.7 Å². The molecule has 1 aromatic carbocycles. The molecule has 1 amide bonds. The van der Waals surface area contributed by atoms with Gasteiger partial charge in [-0.15, -0.1) is 0 Å². The van der Waals surface area contributed by atoms with Gasteiger partial charge in [-0.3, -0.25) is 4.79 Å². The third kappa shape index (κ3) is 5.40. The van der Waals surface area contributed by atoms with Crippen LogP contribution in [0.15, 0.2) is 42.7 Å². The van der Waals surface area contributed by atoms with Gasteiger partial charge in [-0.2, -0.15) is 0 Å². The molecular weight excluding hydrogens is 364 g/mol. The summed E-state index contributed by atoms with van der Waals surface area (Å²) >= 11 is 0. The van der Waals surface area contributed by atoms with Gasteiger partial charge in [-0.05, 0) is 18.4 Å². The summed E-state index contributed by atoms with van der Waals surface area (Å²) in [7, 11) is -3.24. The number of carbonyl (C=O) groups is 1. The van der Waals surface area contributed by atoms with Gasteiger partial charge >= 0.3 is 0 Å². The van der Waals surface area contributed by atoms with Gasteiger partial charge in [0.05, 0.1) is 12.2 Å². The van der Waals surface area contributed by atoms with Gasteiger partial charge in [0.2, 0.25) is 15.9 Å². The average molecular weight is 391 g/mol. The van der Waals surface area contributed by atoms with E-state index in [1.165, 1.54) is 16.1 Å². The second-order valence-corrected chi connectivity index (χ2v) is 8.94. The Kier molecular flexibility index (Phi) is 6.28. The summed E-state index contributed by atoms with van der Waals surface area (Å²) in [5.74, 6) is 0.558. The molecule has 27 heavy (non-hydrogen) atoms. The monoisotopic (exact) mass is 390 g/mol. The number of nitrogens with zero attached hydrogens (tertiary/aromatic N) is 3. The van der Waals surface area contributed by atoms with Crippen LogP contribution in [0.1, 0.15) is 24.2 Å². The summed E-state index contributed by atoms with van der Waals surface area (Å²) in [6.07, 6.45) is 6.97. The van der Waals surface area contributed by atoms with Crippen LogP contribution in [0.25, 0.3) is 0 Å². The van der Waals surface area contributed by atoms with Crippen molar-refractivity contribution in [3.63, 3.8) is 0 Å². The number of carbonyl (C=O) groups excluding carboxylic acids is 1. The van der Waals surface area contributed by atoms with E-state index >= 15 is 0 Å². The summed E-state index contributed by atoms with van der Waals surface area (Å²) in [5, 5.41) is 2.94. The molecule has 2 aromatic rings. The van der Waals surface area contributed by atoms with Crippen molar-refractivity contribution in [3.8, 4) is 0 Å². The third-order valence-corrected chi connectivity index (χ3v) is 6.14. The maximum atomic E-state index is 12.4. The average Bonchev–Trinajstić information content (AvgIpc) is 3.09. The molecule has 1 unspecified atom stereocenters. The summed E-state index contributed by atoms with van der Waals surface area (Å²) in [4.78, 5) is 16.8. The molecular formula is C19H26N4O3S. The number of nitrogens with one attached hydrogen (secondary N) is 1. The molecule has 0 aliphatic carbocycles. The number of aromatic nitrogens is 2. The van der Waals surface area contributed by atoms with Crippen LogP contribution >= 0.6 is 0 Å². The quantitative estimate of drug-likeness (QED) is 0.771. The molecule has 146 valence electrons. The number of imidazole rings is 1. The highest BCUT2D eigenvalue weighted by molar-refractivity contribution is 7.88. The van der Waals surface area contributed by atoms with Crippen molar-refractivity contribution in [3.05, 3.63) is 54.1 Å². The van der Waals surface area contributed by atoms with E-state index in [-0.39, 0.29) is 18.4 Å². The highest BCUT2D eigenvalue weighted by atomic mass is 32.2. The Bertz CT molecular complexity index is 864. The van der Waals surface area contributed by atoms with E-state index in [0.717, 1.165) is 18.8 Å². The second-order valence-electron chi connectivity index (χ2n) is 6.96. The molecule has 1 aliphatic rings. The molecule has 2 heterocycles. The fraction of sp³-hybridized carbons (Fsp3) is 0.474. The van der Waals surface area contributed by atoms with Crippen molar-refractivity contribution in [2.45, 2.75) is 25.8 Å². The minimum atomic E-state index is -3.24. The Balaban J connectivity index is 1.50. The maximum absolute atomic E-state index is 12.4. The van der Waals surface area contributed by atoms with Crippen LogP contribution in [-0.2, 0) is 27.8 Å². The maximum Gasteiger partial charge on any atom is 0.224 e. The lowest BCUT2D eigenvalue weighted by Crippen LogP contribution is -2.45. The van der Waals surface area contributed by atoms with E-state index in [1.54, 1.807) is 6.20 Å². The molecule has 0 saturated carbocycles. The highest BCUT2D eigenvalue weighted by Crippen LogP contribution is 2.18. The molecule has 0 radical (unpaired) electrons. The number of benzene rings is 1. The minimum Gasteiger partial charge on any atom is -0.355 e. The Hall–Kier alpha value is -2.19. The SMILES string of the molecule is CS(=O)(=O)N1CCCC(C(=O)NCCc2nccn2Cc2ccccc2)C1. The number of sulfonamides is 1. The Morgan fingerprint density at radius 1 is 1.30 bits per heavy atom. The van der Waals surface area contributed by atoms with Crippen LogP contribution in [0.3, 0.4) is 0 Å². The predicted molar refractivity (Wildman–Crippen MR) is 104 cm³/mol. The molecule has 0 spiro atoms. The predicted octanol–water partition coefficient (Wildman–Crippen LogP) is 1.26. The van der Waals surface area contributed by atoms with E-state index in [1.807, 2.05) is 24.4 Å². The summed E-state index contributed by atoms with van der Waals surface area (Å²) in [5.41, 5.74) is 1.20. The molecule has 1 aromatic heterocycles. The van der Waals surface area contributed by atoms with E-state index in [0.29, 0.717) is 25.9 Å². The first kappa shape index (κ1) is 19.6. The van der Waals surface area contributed by atoms with Crippen molar-refractivity contribution < 1.29 is 13.2 Å². The summed E-state index contributed by atoms with van der Waals surface area (Å²) in [6, 6.07) is 10.2. The number of hydrogen-bond acceptors (Lipinski definition) is 4. The van der Waals surface area contributed by atoms with Crippen molar-refractivity contribution in [1.82, 2.24) is 19.2 Å². The first-order valence-electron chi connectivity index (χ1n) is 9.20. The van der Waals surface area contributed by atoms with Crippen molar-refractivity contribution in [2.75, 3.05) is 25.9 Å². The lowest BCUT2D eigenvalue weighted by molar-refractivity contribution is -0.126. The molecule has 1 aliphatic heterocycles. The molecule has 7 nitrogen and oxygen atoms in total. The summed E-state index contributed by atoms with van der Waals surface area (Å²) in [6.45, 7) is 2.00. The minimum absolute atomic E-state index is 0.0792. The molecule has 1 saturated heterocycles. The number of rotatable bonds is 7. The molecule has 3 rings (SSSR count). The topological polar surface area (TPSA) is 84.3 Å². The summed E-state index contributed by atoms with van der Waals surface area (Å²) < 4.78 is 26.9. The van der Waals surface area contributed by atoms with Crippen molar-refractivity contribution >= 4 is 15.9 Å². The number of amides is 1. The zero-order chi connectivity index (χ0) is 19.3. The smallest absolute Gasteiger partial charge is 0.224 e. The zero-order valence-corrected chi connectivity index (χ0v) is 16.4. The lowest BCUT2D eigenvalue weighted by atomic mass is 9.99. The zero-order valence-electron chi connectivity index (χ0n) is 15.5. The molecule has 0 bridgehead atoms. The van der Waals surface area contributed by atoms with Crippen LogP contribution in [-0.4, -0.2) is 54.1 Å². The van der Waals surface area contributed by atoms with E-state index < -0.39 is 10.0 Å².